The van der Waals surface area contributed by atoms with Crippen LogP contribution in [0.1, 0.15) is 72.1 Å². The minimum absolute atomic E-state index is 0. The third kappa shape index (κ3) is 8.70. The topological polar surface area (TPSA) is 56.7 Å². The van der Waals surface area contributed by atoms with Gasteiger partial charge in [0.1, 0.15) is 0 Å². The number of nitrogens with zero attached hydrogens (tertiary/aromatic N) is 1. The molecule has 0 heterocycles. The zero-order chi connectivity index (χ0) is 17.0. The van der Waals surface area contributed by atoms with Gasteiger partial charge in [0.05, 0.1) is 0 Å². The van der Waals surface area contributed by atoms with Crippen molar-refractivity contribution in [3.05, 3.63) is 11.6 Å². The highest BCUT2D eigenvalue weighted by Gasteiger charge is 2.25. The maximum Gasteiger partial charge on any atom is 0.191 e. The van der Waals surface area contributed by atoms with Crippen LogP contribution in [0.4, 0.5) is 0 Å². The van der Waals surface area contributed by atoms with Crippen molar-refractivity contribution in [3.8, 4) is 0 Å². The highest BCUT2D eigenvalue weighted by molar-refractivity contribution is 14.0. The molecule has 5 heteroatoms. The zero-order valence-corrected chi connectivity index (χ0v) is 18.2. The van der Waals surface area contributed by atoms with E-state index in [1.54, 1.807) is 5.57 Å². The van der Waals surface area contributed by atoms with Gasteiger partial charge in [0.2, 0.25) is 0 Å². The van der Waals surface area contributed by atoms with Gasteiger partial charge in [-0.05, 0) is 63.7 Å². The second kappa shape index (κ2) is 13.9. The summed E-state index contributed by atoms with van der Waals surface area (Å²) in [5, 5.41) is 16.1. The lowest BCUT2D eigenvalue weighted by atomic mass is 9.79. The number of aliphatic imine (C=N–C) groups is 1. The van der Waals surface area contributed by atoms with E-state index in [0.717, 1.165) is 51.3 Å². The van der Waals surface area contributed by atoms with Crippen molar-refractivity contribution in [2.45, 2.75) is 72.1 Å². The number of hydrogen-bond donors (Lipinski definition) is 3. The SMILES string of the molecule is CCNC(=NCC(CC)(CC)CCO)NCCC1=CCCCC1.I. The van der Waals surface area contributed by atoms with Gasteiger partial charge in [-0.1, -0.05) is 25.5 Å². The fraction of sp³-hybridized carbons (Fsp3) is 0.842. The molecule has 0 fully saturated rings. The van der Waals surface area contributed by atoms with E-state index in [1.807, 2.05) is 0 Å². The second-order valence-corrected chi connectivity index (χ2v) is 6.66. The number of rotatable bonds is 10. The first-order valence-corrected chi connectivity index (χ1v) is 9.50. The van der Waals surface area contributed by atoms with Crippen LogP contribution in [-0.2, 0) is 0 Å². The van der Waals surface area contributed by atoms with E-state index >= 15 is 0 Å². The Morgan fingerprint density at radius 1 is 1.21 bits per heavy atom. The van der Waals surface area contributed by atoms with Crippen molar-refractivity contribution in [1.29, 1.82) is 0 Å². The first kappa shape index (κ1) is 23.7. The van der Waals surface area contributed by atoms with Crippen molar-refractivity contribution in [2.24, 2.45) is 10.4 Å². The lowest BCUT2D eigenvalue weighted by molar-refractivity contribution is 0.175. The van der Waals surface area contributed by atoms with Gasteiger partial charge in [-0.15, -0.1) is 24.0 Å². The predicted octanol–water partition coefficient (Wildman–Crippen LogP) is 4.24. The molecular weight excluding hydrogens is 413 g/mol. The molecule has 24 heavy (non-hydrogen) atoms. The number of aliphatic hydroxyl groups excluding tert-OH is 1. The Morgan fingerprint density at radius 3 is 2.50 bits per heavy atom. The minimum Gasteiger partial charge on any atom is -0.396 e. The molecule has 0 spiro atoms. The van der Waals surface area contributed by atoms with Gasteiger partial charge in [-0.3, -0.25) is 4.99 Å². The second-order valence-electron chi connectivity index (χ2n) is 6.66. The Morgan fingerprint density at radius 2 is 1.96 bits per heavy atom. The normalized spacial score (nSPS) is 15.5. The molecule has 0 aromatic carbocycles. The Bertz CT molecular complexity index is 379. The van der Waals surface area contributed by atoms with Crippen molar-refractivity contribution in [1.82, 2.24) is 10.6 Å². The van der Waals surface area contributed by atoms with E-state index in [9.17, 15) is 5.11 Å². The summed E-state index contributed by atoms with van der Waals surface area (Å²) in [6, 6.07) is 0. The van der Waals surface area contributed by atoms with Crippen LogP contribution in [0.15, 0.2) is 16.6 Å². The molecule has 0 bridgehead atoms. The third-order valence-corrected chi connectivity index (χ3v) is 5.18. The Kier molecular flexibility index (Phi) is 13.8. The molecule has 0 amide bonds. The van der Waals surface area contributed by atoms with E-state index in [4.69, 9.17) is 4.99 Å². The average Bonchev–Trinajstić information content (AvgIpc) is 2.59. The maximum absolute atomic E-state index is 9.33. The summed E-state index contributed by atoms with van der Waals surface area (Å²) in [6.07, 6.45) is 11.7. The first-order chi connectivity index (χ1) is 11.2. The fourth-order valence-electron chi connectivity index (χ4n) is 3.21. The molecule has 0 saturated heterocycles. The summed E-state index contributed by atoms with van der Waals surface area (Å²) in [5.74, 6) is 0.910. The summed E-state index contributed by atoms with van der Waals surface area (Å²) in [7, 11) is 0. The quantitative estimate of drug-likeness (QED) is 0.202. The maximum atomic E-state index is 9.33. The lowest BCUT2D eigenvalue weighted by Crippen LogP contribution is -2.39. The van der Waals surface area contributed by atoms with E-state index < -0.39 is 0 Å². The van der Waals surface area contributed by atoms with Gasteiger partial charge in [-0.2, -0.15) is 0 Å². The molecule has 4 nitrogen and oxygen atoms in total. The summed E-state index contributed by atoms with van der Waals surface area (Å²) in [5.41, 5.74) is 1.72. The molecule has 0 atom stereocenters. The smallest absolute Gasteiger partial charge is 0.191 e. The molecule has 142 valence electrons. The van der Waals surface area contributed by atoms with Crippen LogP contribution >= 0.6 is 24.0 Å². The monoisotopic (exact) mass is 451 g/mol. The highest BCUT2D eigenvalue weighted by Crippen LogP contribution is 2.30. The molecule has 0 radical (unpaired) electrons. The molecule has 1 aliphatic carbocycles. The predicted molar refractivity (Wildman–Crippen MR) is 115 cm³/mol. The first-order valence-electron chi connectivity index (χ1n) is 9.50. The van der Waals surface area contributed by atoms with Gasteiger partial charge in [0.15, 0.2) is 5.96 Å². The largest absolute Gasteiger partial charge is 0.396 e. The van der Waals surface area contributed by atoms with Crippen LogP contribution in [0.5, 0.6) is 0 Å². The summed E-state index contributed by atoms with van der Waals surface area (Å²) in [6.45, 7) is 9.34. The number of halogens is 1. The zero-order valence-electron chi connectivity index (χ0n) is 15.9. The molecule has 0 aromatic heterocycles. The van der Waals surface area contributed by atoms with Crippen LogP contribution in [-0.4, -0.2) is 37.3 Å². The Hall–Kier alpha value is -0.300. The van der Waals surface area contributed by atoms with Crippen LogP contribution < -0.4 is 10.6 Å². The number of allylic oxidation sites excluding steroid dienone is 1. The Balaban J connectivity index is 0.00000529. The van der Waals surface area contributed by atoms with E-state index in [0.29, 0.717) is 0 Å². The number of guanidine groups is 1. The number of aliphatic hydroxyl groups is 1. The molecule has 1 aliphatic rings. The van der Waals surface area contributed by atoms with Gasteiger partial charge >= 0.3 is 0 Å². The molecule has 0 aliphatic heterocycles. The standard InChI is InChI=1S/C19H37N3O.HI/c1-4-19(5-2,13-15-23)16-22-18(20-6-3)21-14-12-17-10-8-7-9-11-17;/h10,23H,4-9,11-16H2,1-3H3,(H2,20,21,22);1H. The molecular formula is C19H38IN3O. The minimum atomic E-state index is 0. The van der Waals surface area contributed by atoms with Crippen molar-refractivity contribution in [2.75, 3.05) is 26.2 Å². The summed E-state index contributed by atoms with van der Waals surface area (Å²) in [4.78, 5) is 4.79. The molecule has 0 unspecified atom stereocenters. The fourth-order valence-corrected chi connectivity index (χ4v) is 3.21. The van der Waals surface area contributed by atoms with Crippen LogP contribution in [0.25, 0.3) is 0 Å². The van der Waals surface area contributed by atoms with E-state index in [-0.39, 0.29) is 36.0 Å². The van der Waals surface area contributed by atoms with Crippen LogP contribution in [0.3, 0.4) is 0 Å². The van der Waals surface area contributed by atoms with Crippen molar-refractivity contribution >= 4 is 29.9 Å². The van der Waals surface area contributed by atoms with Crippen LogP contribution in [0, 0.1) is 5.41 Å². The van der Waals surface area contributed by atoms with E-state index in [2.05, 4.69) is 37.5 Å². The van der Waals surface area contributed by atoms with Crippen molar-refractivity contribution in [3.63, 3.8) is 0 Å². The average molecular weight is 451 g/mol. The molecule has 0 aromatic rings. The van der Waals surface area contributed by atoms with Gasteiger partial charge in [0.25, 0.3) is 0 Å². The third-order valence-electron chi connectivity index (χ3n) is 5.18. The molecule has 3 N–H and O–H groups in total. The summed E-state index contributed by atoms with van der Waals surface area (Å²) < 4.78 is 0. The van der Waals surface area contributed by atoms with Gasteiger partial charge in [0, 0.05) is 26.2 Å². The molecule has 1 rings (SSSR count). The lowest BCUT2D eigenvalue weighted by Gasteiger charge is -2.29. The Labute approximate surface area is 166 Å². The number of hydrogen-bond acceptors (Lipinski definition) is 2. The number of nitrogens with one attached hydrogen (secondary N) is 2. The summed E-state index contributed by atoms with van der Waals surface area (Å²) >= 11 is 0. The highest BCUT2D eigenvalue weighted by atomic mass is 127. The van der Waals surface area contributed by atoms with Gasteiger partial charge in [-0.25, -0.2) is 0 Å². The molecule has 0 saturated carbocycles. The van der Waals surface area contributed by atoms with E-state index in [1.165, 1.54) is 25.7 Å². The van der Waals surface area contributed by atoms with Crippen LogP contribution in [0.2, 0.25) is 0 Å². The van der Waals surface area contributed by atoms with Crippen molar-refractivity contribution < 1.29 is 5.11 Å². The van der Waals surface area contributed by atoms with Gasteiger partial charge < -0.3 is 15.7 Å².